The van der Waals surface area contributed by atoms with Crippen LogP contribution in [0.5, 0.6) is 17.2 Å². The summed E-state index contributed by atoms with van der Waals surface area (Å²) in [6.07, 6.45) is 2.16. The Bertz CT molecular complexity index is 732. The van der Waals surface area contributed by atoms with Crippen LogP contribution in [0.25, 0.3) is 0 Å². The van der Waals surface area contributed by atoms with E-state index in [0.29, 0.717) is 24.0 Å². The number of nitrogens with zero attached hydrogens (tertiary/aromatic N) is 1. The van der Waals surface area contributed by atoms with E-state index >= 15 is 0 Å². The first-order chi connectivity index (χ1) is 12.7. The molecule has 0 atom stereocenters. The standard InChI is InChI=1S/C20H27N3O3/c1-4-5-11-26-17-8-6-7-15(12-17)14-22-20(21)23-16-9-10-18(24-2)19(13-16)25-3/h6-10,12-13H,4-5,11,14H2,1-3H3,(H3,21,22,23). The fraction of sp³-hybridized carbons (Fsp3) is 0.350. The lowest BCUT2D eigenvalue weighted by atomic mass is 10.2. The van der Waals surface area contributed by atoms with Crippen molar-refractivity contribution in [1.29, 1.82) is 0 Å². The Hall–Kier alpha value is -2.89. The van der Waals surface area contributed by atoms with Crippen molar-refractivity contribution in [2.75, 3.05) is 26.1 Å². The van der Waals surface area contributed by atoms with Crippen LogP contribution >= 0.6 is 0 Å². The summed E-state index contributed by atoms with van der Waals surface area (Å²) in [5, 5.41) is 3.06. The fourth-order valence-electron chi connectivity index (χ4n) is 2.35. The minimum absolute atomic E-state index is 0.328. The maximum atomic E-state index is 5.99. The van der Waals surface area contributed by atoms with Crippen molar-refractivity contribution in [3.63, 3.8) is 0 Å². The Kier molecular flexibility index (Phi) is 7.61. The topological polar surface area (TPSA) is 78.1 Å². The van der Waals surface area contributed by atoms with Gasteiger partial charge in [0.15, 0.2) is 17.5 Å². The van der Waals surface area contributed by atoms with Crippen LogP contribution in [0, 0.1) is 0 Å². The average molecular weight is 357 g/mol. The number of hydrogen-bond acceptors (Lipinski definition) is 4. The molecule has 140 valence electrons. The van der Waals surface area contributed by atoms with Crippen molar-refractivity contribution >= 4 is 11.6 Å². The molecule has 0 bridgehead atoms. The zero-order valence-electron chi connectivity index (χ0n) is 15.6. The quantitative estimate of drug-likeness (QED) is 0.405. The Balaban J connectivity index is 1.97. The summed E-state index contributed by atoms with van der Waals surface area (Å²) < 4.78 is 16.2. The molecule has 2 rings (SSSR count). The molecule has 0 aliphatic heterocycles. The van der Waals surface area contributed by atoms with Crippen LogP contribution in [0.3, 0.4) is 0 Å². The zero-order valence-corrected chi connectivity index (χ0v) is 15.6. The Morgan fingerprint density at radius 3 is 2.62 bits per heavy atom. The summed E-state index contributed by atoms with van der Waals surface area (Å²) in [4.78, 5) is 4.38. The number of benzene rings is 2. The average Bonchev–Trinajstić information content (AvgIpc) is 2.67. The Labute approximate surface area is 155 Å². The summed E-state index contributed by atoms with van der Waals surface area (Å²) in [5.41, 5.74) is 7.80. The van der Waals surface area contributed by atoms with Gasteiger partial charge in [0.25, 0.3) is 0 Å². The molecule has 2 aromatic carbocycles. The van der Waals surface area contributed by atoms with Crippen LogP contribution in [0.1, 0.15) is 25.3 Å². The van der Waals surface area contributed by atoms with Crippen LogP contribution < -0.4 is 25.3 Å². The van der Waals surface area contributed by atoms with Gasteiger partial charge >= 0.3 is 0 Å². The molecule has 0 saturated heterocycles. The molecule has 0 fully saturated rings. The van der Waals surface area contributed by atoms with E-state index in [-0.39, 0.29) is 0 Å². The number of hydrogen-bond donors (Lipinski definition) is 2. The van der Waals surface area contributed by atoms with Gasteiger partial charge < -0.3 is 25.3 Å². The molecule has 0 heterocycles. The zero-order chi connectivity index (χ0) is 18.8. The number of aliphatic imine (C=N–C) groups is 1. The molecule has 0 aromatic heterocycles. The largest absolute Gasteiger partial charge is 0.494 e. The summed E-state index contributed by atoms with van der Waals surface area (Å²) in [7, 11) is 3.19. The number of nitrogens with two attached hydrogens (primary N) is 1. The maximum absolute atomic E-state index is 5.99. The van der Waals surface area contributed by atoms with Gasteiger partial charge in [0.2, 0.25) is 0 Å². The van der Waals surface area contributed by atoms with Gasteiger partial charge in [0.1, 0.15) is 5.75 Å². The lowest BCUT2D eigenvalue weighted by Gasteiger charge is -2.11. The summed E-state index contributed by atoms with van der Waals surface area (Å²) >= 11 is 0. The highest BCUT2D eigenvalue weighted by Crippen LogP contribution is 2.29. The third-order valence-electron chi connectivity index (χ3n) is 3.75. The molecular formula is C20H27N3O3. The first kappa shape index (κ1) is 19.4. The van der Waals surface area contributed by atoms with Crippen LogP contribution in [0.4, 0.5) is 5.69 Å². The number of guanidine groups is 1. The monoisotopic (exact) mass is 357 g/mol. The maximum Gasteiger partial charge on any atom is 0.193 e. The second-order valence-electron chi connectivity index (χ2n) is 5.75. The molecule has 26 heavy (non-hydrogen) atoms. The van der Waals surface area contributed by atoms with Crippen molar-refractivity contribution in [2.45, 2.75) is 26.3 Å². The van der Waals surface area contributed by atoms with Gasteiger partial charge in [-0.1, -0.05) is 25.5 Å². The molecule has 6 nitrogen and oxygen atoms in total. The van der Waals surface area contributed by atoms with Gasteiger partial charge in [0, 0.05) is 11.8 Å². The second-order valence-corrected chi connectivity index (χ2v) is 5.75. The van der Waals surface area contributed by atoms with E-state index in [2.05, 4.69) is 17.2 Å². The number of unbranched alkanes of at least 4 members (excludes halogenated alkanes) is 1. The smallest absolute Gasteiger partial charge is 0.193 e. The molecule has 0 unspecified atom stereocenters. The molecule has 0 aliphatic rings. The van der Waals surface area contributed by atoms with Crippen molar-refractivity contribution in [3.05, 3.63) is 48.0 Å². The van der Waals surface area contributed by atoms with E-state index in [4.69, 9.17) is 19.9 Å². The lowest BCUT2D eigenvalue weighted by molar-refractivity contribution is 0.309. The van der Waals surface area contributed by atoms with Gasteiger partial charge in [-0.25, -0.2) is 4.99 Å². The molecule has 0 aliphatic carbocycles. The number of ether oxygens (including phenoxy) is 3. The molecule has 2 aromatic rings. The SMILES string of the molecule is CCCCOc1cccc(CN=C(N)Nc2ccc(OC)c(OC)c2)c1. The van der Waals surface area contributed by atoms with Crippen molar-refractivity contribution in [2.24, 2.45) is 10.7 Å². The van der Waals surface area contributed by atoms with Crippen molar-refractivity contribution < 1.29 is 14.2 Å². The summed E-state index contributed by atoms with van der Waals surface area (Å²) in [6, 6.07) is 13.4. The number of rotatable bonds is 9. The molecule has 0 amide bonds. The molecular weight excluding hydrogens is 330 g/mol. The van der Waals surface area contributed by atoms with E-state index in [9.17, 15) is 0 Å². The first-order valence-corrected chi connectivity index (χ1v) is 8.67. The predicted octanol–water partition coefficient (Wildman–Crippen LogP) is 3.81. The number of methoxy groups -OCH3 is 2. The van der Waals surface area contributed by atoms with E-state index in [1.807, 2.05) is 42.5 Å². The van der Waals surface area contributed by atoms with E-state index < -0.39 is 0 Å². The third kappa shape index (κ3) is 5.88. The van der Waals surface area contributed by atoms with Gasteiger partial charge in [-0.05, 0) is 36.2 Å². The van der Waals surface area contributed by atoms with Gasteiger partial charge in [-0.15, -0.1) is 0 Å². The third-order valence-corrected chi connectivity index (χ3v) is 3.75. The fourth-order valence-corrected chi connectivity index (χ4v) is 2.35. The van der Waals surface area contributed by atoms with Gasteiger partial charge in [0.05, 0.1) is 27.4 Å². The van der Waals surface area contributed by atoms with E-state index in [0.717, 1.165) is 36.4 Å². The van der Waals surface area contributed by atoms with Gasteiger partial charge in [-0.2, -0.15) is 0 Å². The Morgan fingerprint density at radius 1 is 1.08 bits per heavy atom. The molecule has 6 heteroatoms. The summed E-state index contributed by atoms with van der Waals surface area (Å²) in [6.45, 7) is 3.34. The normalized spacial score (nSPS) is 11.1. The highest BCUT2D eigenvalue weighted by Gasteiger charge is 2.05. The molecule has 0 saturated carbocycles. The van der Waals surface area contributed by atoms with Crippen molar-refractivity contribution in [1.82, 2.24) is 0 Å². The van der Waals surface area contributed by atoms with Gasteiger partial charge in [-0.3, -0.25) is 0 Å². The van der Waals surface area contributed by atoms with Crippen LogP contribution in [-0.4, -0.2) is 26.8 Å². The molecule has 0 spiro atoms. The highest BCUT2D eigenvalue weighted by molar-refractivity contribution is 5.92. The first-order valence-electron chi connectivity index (χ1n) is 8.67. The van der Waals surface area contributed by atoms with Crippen molar-refractivity contribution in [3.8, 4) is 17.2 Å². The number of nitrogens with one attached hydrogen (secondary N) is 1. The minimum atomic E-state index is 0.328. The van der Waals surface area contributed by atoms with Crippen LogP contribution in [-0.2, 0) is 6.54 Å². The molecule has 0 radical (unpaired) electrons. The minimum Gasteiger partial charge on any atom is -0.494 e. The van der Waals surface area contributed by atoms with E-state index in [1.54, 1.807) is 14.2 Å². The lowest BCUT2D eigenvalue weighted by Crippen LogP contribution is -2.22. The van der Waals surface area contributed by atoms with Crippen LogP contribution in [0.2, 0.25) is 0 Å². The summed E-state index contributed by atoms with van der Waals surface area (Å²) in [5.74, 6) is 2.47. The number of anilines is 1. The Morgan fingerprint density at radius 2 is 1.88 bits per heavy atom. The second kappa shape index (κ2) is 10.2. The highest BCUT2D eigenvalue weighted by atomic mass is 16.5. The predicted molar refractivity (Wildman–Crippen MR) is 105 cm³/mol. The van der Waals surface area contributed by atoms with Crippen LogP contribution in [0.15, 0.2) is 47.5 Å². The molecule has 3 N–H and O–H groups in total. The van der Waals surface area contributed by atoms with E-state index in [1.165, 1.54) is 0 Å².